The summed E-state index contributed by atoms with van der Waals surface area (Å²) in [4.78, 5) is 28.4. The molecule has 4 saturated carbocycles. The summed E-state index contributed by atoms with van der Waals surface area (Å²) in [6.07, 6.45) is 1.35. The Morgan fingerprint density at radius 1 is 1.08 bits per heavy atom. The van der Waals surface area contributed by atoms with Crippen molar-refractivity contribution in [1.29, 1.82) is 0 Å². The largest absolute Gasteiger partial charge is 0.492 e. The van der Waals surface area contributed by atoms with Crippen LogP contribution in [0.5, 0.6) is 0 Å². The van der Waals surface area contributed by atoms with Crippen LogP contribution in [0.2, 0.25) is 0 Å². The van der Waals surface area contributed by atoms with Crippen molar-refractivity contribution >= 4 is 11.9 Å². The molecule has 4 aliphatic carbocycles. The minimum atomic E-state index is -5.10. The summed E-state index contributed by atoms with van der Waals surface area (Å²) in [7, 11) is 0. The second-order valence-corrected chi connectivity index (χ2v) is 8.30. The molecule has 1 amide bonds. The molecule has 1 aliphatic heterocycles. The minimum absolute atomic E-state index is 0.0687. The number of halogens is 3. The maximum absolute atomic E-state index is 12.8. The number of rotatable bonds is 3. The topological polar surface area (TPSA) is 67.9 Å². The molecule has 1 N–H and O–H groups in total. The average molecular weight is 376 g/mol. The standard InChI is InChI=1S/C17H23F3N2O4/c18-17(19,20)15(24)26-22-1-2-25-9-13(22)14(23)21-16-6-10-3-11(7-16)5-12(4-10)8-16/h10-13H,1-9H2,(H,21,23). The van der Waals surface area contributed by atoms with E-state index >= 15 is 0 Å². The second kappa shape index (κ2) is 6.37. The van der Waals surface area contributed by atoms with Gasteiger partial charge >= 0.3 is 12.1 Å². The van der Waals surface area contributed by atoms with E-state index in [9.17, 15) is 22.8 Å². The lowest BCUT2D eigenvalue weighted by molar-refractivity contribution is -0.257. The zero-order valence-electron chi connectivity index (χ0n) is 14.4. The van der Waals surface area contributed by atoms with Crippen LogP contribution in [0, 0.1) is 17.8 Å². The molecule has 1 unspecified atom stereocenters. The number of nitrogens with zero attached hydrogens (tertiary/aromatic N) is 1. The van der Waals surface area contributed by atoms with E-state index in [4.69, 9.17) is 4.74 Å². The molecule has 1 heterocycles. The lowest BCUT2D eigenvalue weighted by atomic mass is 9.53. The van der Waals surface area contributed by atoms with Crippen LogP contribution >= 0.6 is 0 Å². The van der Waals surface area contributed by atoms with Gasteiger partial charge in [0.05, 0.1) is 19.8 Å². The molecule has 0 spiro atoms. The Kier molecular flexibility index (Phi) is 4.42. The summed E-state index contributed by atoms with van der Waals surface area (Å²) >= 11 is 0. The third-order valence-electron chi connectivity index (χ3n) is 6.24. The maximum atomic E-state index is 12.8. The van der Waals surface area contributed by atoms with E-state index in [1.165, 1.54) is 19.3 Å². The van der Waals surface area contributed by atoms with Crippen molar-refractivity contribution in [3.05, 3.63) is 0 Å². The Balaban J connectivity index is 1.43. The van der Waals surface area contributed by atoms with Gasteiger partial charge in [-0.2, -0.15) is 13.2 Å². The highest BCUT2D eigenvalue weighted by molar-refractivity contribution is 5.83. The number of amides is 1. The van der Waals surface area contributed by atoms with Gasteiger partial charge in [0.2, 0.25) is 5.91 Å². The molecule has 0 aromatic rings. The number of nitrogens with one attached hydrogen (secondary N) is 1. The van der Waals surface area contributed by atoms with Crippen molar-refractivity contribution < 1.29 is 32.3 Å². The Labute approximate surface area is 149 Å². The average Bonchev–Trinajstić information content (AvgIpc) is 2.52. The number of morpholine rings is 1. The van der Waals surface area contributed by atoms with Crippen LogP contribution in [-0.2, 0) is 19.2 Å². The number of carbonyl (C=O) groups is 2. The molecule has 6 nitrogen and oxygen atoms in total. The van der Waals surface area contributed by atoms with Gasteiger partial charge in [-0.25, -0.2) is 4.79 Å². The molecule has 5 aliphatic rings. The Morgan fingerprint density at radius 3 is 2.19 bits per heavy atom. The van der Waals surface area contributed by atoms with Gasteiger partial charge < -0.3 is 14.9 Å². The van der Waals surface area contributed by atoms with Crippen molar-refractivity contribution in [3.8, 4) is 0 Å². The molecule has 5 rings (SSSR count). The number of hydroxylamine groups is 2. The molecule has 1 atom stereocenters. The lowest BCUT2D eigenvalue weighted by Gasteiger charge is -2.57. The van der Waals surface area contributed by atoms with E-state index < -0.39 is 24.1 Å². The summed E-state index contributed by atoms with van der Waals surface area (Å²) < 4.78 is 42.7. The third kappa shape index (κ3) is 3.43. The number of ether oxygens (including phenoxy) is 1. The lowest BCUT2D eigenvalue weighted by Crippen LogP contribution is -2.64. The van der Waals surface area contributed by atoms with Crippen LogP contribution in [0.3, 0.4) is 0 Å². The van der Waals surface area contributed by atoms with Gasteiger partial charge in [-0.3, -0.25) is 4.79 Å². The highest BCUT2D eigenvalue weighted by Gasteiger charge is 2.52. The van der Waals surface area contributed by atoms with Gasteiger partial charge in [0.15, 0.2) is 0 Å². The van der Waals surface area contributed by atoms with E-state index in [1.54, 1.807) is 0 Å². The molecule has 4 bridgehead atoms. The molecule has 9 heteroatoms. The summed E-state index contributed by atoms with van der Waals surface area (Å²) in [6, 6.07) is -1.05. The molecule has 0 aromatic heterocycles. The van der Waals surface area contributed by atoms with E-state index in [0.717, 1.165) is 24.3 Å². The molecule has 0 aromatic carbocycles. The number of carbonyl (C=O) groups excluding carboxylic acids is 2. The van der Waals surface area contributed by atoms with Gasteiger partial charge in [0.25, 0.3) is 0 Å². The molecular formula is C17H23F3N2O4. The maximum Gasteiger partial charge on any atom is 0.492 e. The molecule has 146 valence electrons. The van der Waals surface area contributed by atoms with Gasteiger partial charge in [0.1, 0.15) is 6.04 Å². The normalized spacial score (nSPS) is 39.7. The highest BCUT2D eigenvalue weighted by Crippen LogP contribution is 2.55. The summed E-state index contributed by atoms with van der Waals surface area (Å²) in [5.74, 6) is -0.844. The van der Waals surface area contributed by atoms with Crippen LogP contribution in [0.4, 0.5) is 13.2 Å². The van der Waals surface area contributed by atoms with Crippen LogP contribution in [0.1, 0.15) is 38.5 Å². The van der Waals surface area contributed by atoms with E-state index in [2.05, 4.69) is 10.2 Å². The predicted molar refractivity (Wildman–Crippen MR) is 82.5 cm³/mol. The first-order chi connectivity index (χ1) is 12.2. The van der Waals surface area contributed by atoms with Crippen molar-refractivity contribution in [1.82, 2.24) is 10.4 Å². The van der Waals surface area contributed by atoms with Crippen LogP contribution in [-0.4, -0.2) is 54.5 Å². The van der Waals surface area contributed by atoms with E-state index in [1.807, 2.05) is 0 Å². The second-order valence-electron chi connectivity index (χ2n) is 8.30. The van der Waals surface area contributed by atoms with Crippen LogP contribution in [0.25, 0.3) is 0 Å². The highest BCUT2D eigenvalue weighted by atomic mass is 19.4. The predicted octanol–water partition coefficient (Wildman–Crippen LogP) is 1.79. The number of hydrogen-bond donors (Lipinski definition) is 1. The minimum Gasteiger partial charge on any atom is -0.378 e. The van der Waals surface area contributed by atoms with Gasteiger partial charge in [-0.1, -0.05) is 0 Å². The fraction of sp³-hybridized carbons (Fsp3) is 0.882. The Hall–Kier alpha value is -1.35. The Morgan fingerprint density at radius 2 is 1.65 bits per heavy atom. The smallest absolute Gasteiger partial charge is 0.378 e. The fourth-order valence-corrected chi connectivity index (χ4v) is 5.67. The van der Waals surface area contributed by atoms with Gasteiger partial charge in [-0.05, 0) is 56.3 Å². The van der Waals surface area contributed by atoms with E-state index in [-0.39, 0.29) is 25.3 Å². The SMILES string of the molecule is O=C(NC12CC3CC(CC(C3)C1)C2)C1COCCN1OC(=O)C(F)(F)F. The van der Waals surface area contributed by atoms with Crippen molar-refractivity contribution in [3.63, 3.8) is 0 Å². The zero-order chi connectivity index (χ0) is 18.5. The van der Waals surface area contributed by atoms with Gasteiger partial charge in [0, 0.05) is 5.54 Å². The van der Waals surface area contributed by atoms with E-state index in [0.29, 0.717) is 17.8 Å². The molecule has 26 heavy (non-hydrogen) atoms. The summed E-state index contributed by atoms with van der Waals surface area (Å²) in [5, 5.41) is 3.92. The molecule has 5 fully saturated rings. The first kappa shape index (κ1) is 18.0. The van der Waals surface area contributed by atoms with Crippen LogP contribution in [0.15, 0.2) is 0 Å². The molecule has 0 radical (unpaired) electrons. The molecular weight excluding hydrogens is 353 g/mol. The summed E-state index contributed by atoms with van der Waals surface area (Å²) in [5.41, 5.74) is -0.261. The quantitative estimate of drug-likeness (QED) is 0.814. The first-order valence-corrected chi connectivity index (χ1v) is 9.20. The Bertz CT molecular complexity index is 560. The number of hydrogen-bond acceptors (Lipinski definition) is 5. The summed E-state index contributed by atoms with van der Waals surface area (Å²) in [6.45, 7) is -0.0591. The van der Waals surface area contributed by atoms with Crippen LogP contribution < -0.4 is 5.32 Å². The first-order valence-electron chi connectivity index (χ1n) is 9.20. The molecule has 1 saturated heterocycles. The van der Waals surface area contributed by atoms with Gasteiger partial charge in [-0.15, -0.1) is 5.06 Å². The van der Waals surface area contributed by atoms with Crippen molar-refractivity contribution in [2.45, 2.75) is 56.3 Å². The number of alkyl halides is 3. The monoisotopic (exact) mass is 376 g/mol. The van der Waals surface area contributed by atoms with Crippen molar-refractivity contribution in [2.75, 3.05) is 19.8 Å². The third-order valence-corrected chi connectivity index (χ3v) is 6.24. The van der Waals surface area contributed by atoms with Crippen molar-refractivity contribution in [2.24, 2.45) is 17.8 Å². The zero-order valence-corrected chi connectivity index (χ0v) is 14.4. The fourth-order valence-electron chi connectivity index (χ4n) is 5.67.